The van der Waals surface area contributed by atoms with E-state index >= 15 is 0 Å². The zero-order chi connectivity index (χ0) is 12.6. The Morgan fingerprint density at radius 2 is 2.00 bits per heavy atom. The molecule has 0 spiro atoms. The first-order chi connectivity index (χ1) is 7.99. The fourth-order valence-corrected chi connectivity index (χ4v) is 3.29. The van der Waals surface area contributed by atoms with Gasteiger partial charge in [-0.1, -0.05) is 39.1 Å². The summed E-state index contributed by atoms with van der Waals surface area (Å²) >= 11 is 16.6. The van der Waals surface area contributed by atoms with Gasteiger partial charge in [-0.2, -0.15) is 0 Å². The summed E-state index contributed by atoms with van der Waals surface area (Å²) in [4.78, 5) is 12.8. The minimum atomic E-state index is -0.0949. The van der Waals surface area contributed by atoms with E-state index in [2.05, 4.69) is 15.9 Å². The van der Waals surface area contributed by atoms with Crippen LogP contribution in [-0.4, -0.2) is 5.78 Å². The number of thiophene rings is 1. The molecule has 0 unspecified atom stereocenters. The average Bonchev–Trinajstić information content (AvgIpc) is 2.58. The predicted molar refractivity (Wildman–Crippen MR) is 76.7 cm³/mol. The molecular formula is C12H7BrCl2OS. The maximum Gasteiger partial charge on any atom is 0.204 e. The van der Waals surface area contributed by atoms with E-state index in [4.69, 9.17) is 23.2 Å². The second-order valence-corrected chi connectivity index (χ2v) is 6.50. The molecule has 2 aromatic rings. The second-order valence-electron chi connectivity index (χ2n) is 3.52. The van der Waals surface area contributed by atoms with Crippen LogP contribution in [0.25, 0.3) is 0 Å². The van der Waals surface area contributed by atoms with Crippen molar-refractivity contribution in [2.24, 2.45) is 0 Å². The first-order valence-corrected chi connectivity index (χ1v) is 7.11. The third-order valence-corrected chi connectivity index (χ3v) is 4.62. The summed E-state index contributed by atoms with van der Waals surface area (Å²) in [6.45, 7) is 1.87. The van der Waals surface area contributed by atoms with Crippen molar-refractivity contribution < 1.29 is 4.79 Å². The number of ketones is 1. The Bertz CT molecular complexity index is 573. The highest BCUT2D eigenvalue weighted by atomic mass is 79.9. The topological polar surface area (TPSA) is 17.1 Å². The van der Waals surface area contributed by atoms with Gasteiger partial charge in [-0.25, -0.2) is 0 Å². The van der Waals surface area contributed by atoms with E-state index in [-0.39, 0.29) is 5.78 Å². The van der Waals surface area contributed by atoms with Crippen LogP contribution in [0.15, 0.2) is 28.7 Å². The lowest BCUT2D eigenvalue weighted by Crippen LogP contribution is -1.99. The molecule has 1 aromatic heterocycles. The van der Waals surface area contributed by atoms with Crippen LogP contribution in [0.4, 0.5) is 0 Å². The number of hydrogen-bond donors (Lipinski definition) is 0. The van der Waals surface area contributed by atoms with Crippen LogP contribution in [0, 0.1) is 6.92 Å². The Morgan fingerprint density at radius 1 is 1.29 bits per heavy atom. The number of benzene rings is 1. The van der Waals surface area contributed by atoms with Crippen molar-refractivity contribution in [2.45, 2.75) is 6.92 Å². The van der Waals surface area contributed by atoms with E-state index in [1.54, 1.807) is 24.3 Å². The van der Waals surface area contributed by atoms with E-state index in [1.807, 2.05) is 6.92 Å². The molecule has 0 aliphatic carbocycles. The Labute approximate surface area is 121 Å². The molecule has 0 aliphatic rings. The first kappa shape index (κ1) is 13.1. The van der Waals surface area contributed by atoms with Crippen LogP contribution >= 0.6 is 50.5 Å². The molecule has 0 atom stereocenters. The van der Waals surface area contributed by atoms with Gasteiger partial charge in [-0.05, 0) is 36.8 Å². The SMILES string of the molecule is Cc1cc(C(=O)c2ccc(Br)cc2Cl)sc1Cl. The Kier molecular flexibility index (Phi) is 3.93. The van der Waals surface area contributed by atoms with Gasteiger partial charge in [0.15, 0.2) is 0 Å². The van der Waals surface area contributed by atoms with Crippen LogP contribution in [0.2, 0.25) is 9.36 Å². The summed E-state index contributed by atoms with van der Waals surface area (Å²) in [5.41, 5.74) is 1.40. The van der Waals surface area contributed by atoms with Gasteiger partial charge in [0, 0.05) is 10.0 Å². The van der Waals surface area contributed by atoms with Crippen molar-refractivity contribution in [1.82, 2.24) is 0 Å². The van der Waals surface area contributed by atoms with E-state index in [1.165, 1.54) is 11.3 Å². The van der Waals surface area contributed by atoms with E-state index < -0.39 is 0 Å². The largest absolute Gasteiger partial charge is 0.288 e. The van der Waals surface area contributed by atoms with Crippen molar-refractivity contribution in [3.8, 4) is 0 Å². The van der Waals surface area contributed by atoms with E-state index in [0.29, 0.717) is 19.8 Å². The van der Waals surface area contributed by atoms with Gasteiger partial charge in [0.2, 0.25) is 5.78 Å². The fraction of sp³-hybridized carbons (Fsp3) is 0.0833. The zero-order valence-electron chi connectivity index (χ0n) is 8.76. The number of aryl methyl sites for hydroxylation is 1. The molecule has 1 aromatic carbocycles. The summed E-state index contributed by atoms with van der Waals surface area (Å²) in [6.07, 6.45) is 0. The van der Waals surface area contributed by atoms with Crippen molar-refractivity contribution in [1.29, 1.82) is 0 Å². The van der Waals surface area contributed by atoms with Gasteiger partial charge in [-0.15, -0.1) is 11.3 Å². The van der Waals surface area contributed by atoms with Gasteiger partial charge >= 0.3 is 0 Å². The van der Waals surface area contributed by atoms with Gasteiger partial charge < -0.3 is 0 Å². The van der Waals surface area contributed by atoms with E-state index in [9.17, 15) is 4.79 Å². The van der Waals surface area contributed by atoms with Crippen molar-refractivity contribution >= 4 is 56.3 Å². The fourth-order valence-electron chi connectivity index (χ4n) is 1.38. The smallest absolute Gasteiger partial charge is 0.204 e. The van der Waals surface area contributed by atoms with Crippen molar-refractivity contribution in [2.75, 3.05) is 0 Å². The molecule has 2 rings (SSSR count). The van der Waals surface area contributed by atoms with Crippen LogP contribution in [0.3, 0.4) is 0 Å². The molecule has 1 heterocycles. The van der Waals surface area contributed by atoms with Crippen LogP contribution in [-0.2, 0) is 0 Å². The lowest BCUT2D eigenvalue weighted by Gasteiger charge is -2.01. The Morgan fingerprint density at radius 3 is 2.53 bits per heavy atom. The molecule has 0 bridgehead atoms. The first-order valence-electron chi connectivity index (χ1n) is 4.74. The summed E-state index contributed by atoms with van der Waals surface area (Å²) in [7, 11) is 0. The summed E-state index contributed by atoms with van der Waals surface area (Å²) in [5, 5.41) is 0.437. The molecule has 0 saturated carbocycles. The Balaban J connectivity index is 2.43. The molecule has 0 aliphatic heterocycles. The summed E-state index contributed by atoms with van der Waals surface area (Å²) < 4.78 is 1.49. The maximum absolute atomic E-state index is 12.2. The maximum atomic E-state index is 12.2. The standard InChI is InChI=1S/C12H7BrCl2OS/c1-6-4-10(17-12(6)15)11(16)8-3-2-7(13)5-9(8)14/h2-5H,1H3. The predicted octanol–water partition coefficient (Wildman–Crippen LogP) is 5.36. The quantitative estimate of drug-likeness (QED) is 0.667. The highest BCUT2D eigenvalue weighted by Crippen LogP contribution is 2.30. The molecule has 0 radical (unpaired) electrons. The molecule has 0 saturated heterocycles. The van der Waals surface area contributed by atoms with Crippen molar-refractivity contribution in [3.63, 3.8) is 0 Å². The van der Waals surface area contributed by atoms with Crippen LogP contribution in [0.5, 0.6) is 0 Å². The van der Waals surface area contributed by atoms with E-state index in [0.717, 1.165) is 10.0 Å². The molecule has 88 valence electrons. The van der Waals surface area contributed by atoms with Crippen LogP contribution < -0.4 is 0 Å². The van der Waals surface area contributed by atoms with Gasteiger partial charge in [-0.3, -0.25) is 4.79 Å². The number of carbonyl (C=O) groups excluding carboxylic acids is 1. The minimum absolute atomic E-state index is 0.0949. The zero-order valence-corrected chi connectivity index (χ0v) is 12.7. The number of hydrogen-bond acceptors (Lipinski definition) is 2. The third-order valence-electron chi connectivity index (χ3n) is 2.26. The highest BCUT2D eigenvalue weighted by Gasteiger charge is 2.16. The number of rotatable bonds is 2. The van der Waals surface area contributed by atoms with Gasteiger partial charge in [0.05, 0.1) is 14.2 Å². The third kappa shape index (κ3) is 2.74. The van der Waals surface area contributed by atoms with Crippen LogP contribution in [0.1, 0.15) is 20.8 Å². The Hall–Kier alpha value is -0.350. The molecule has 0 amide bonds. The summed E-state index contributed by atoms with van der Waals surface area (Å²) in [5.74, 6) is -0.0949. The molecule has 17 heavy (non-hydrogen) atoms. The molecule has 5 heteroatoms. The lowest BCUT2D eigenvalue weighted by molar-refractivity contribution is 0.104. The molecule has 1 nitrogen and oxygen atoms in total. The second kappa shape index (κ2) is 5.11. The van der Waals surface area contributed by atoms with Gasteiger partial charge in [0.1, 0.15) is 0 Å². The molecule has 0 fully saturated rings. The monoisotopic (exact) mass is 348 g/mol. The van der Waals surface area contributed by atoms with Crippen molar-refractivity contribution in [3.05, 3.63) is 54.1 Å². The highest BCUT2D eigenvalue weighted by molar-refractivity contribution is 9.10. The molecular weight excluding hydrogens is 343 g/mol. The van der Waals surface area contributed by atoms with Gasteiger partial charge in [0.25, 0.3) is 0 Å². The summed E-state index contributed by atoms with van der Waals surface area (Å²) in [6, 6.07) is 6.99. The number of carbonyl (C=O) groups is 1. The normalized spacial score (nSPS) is 10.6. The minimum Gasteiger partial charge on any atom is -0.288 e. The average molecular weight is 350 g/mol. The number of halogens is 3. The lowest BCUT2D eigenvalue weighted by atomic mass is 10.1. The molecule has 0 N–H and O–H groups in total.